The van der Waals surface area contributed by atoms with Gasteiger partial charge in [0.25, 0.3) is 5.91 Å². The number of benzene rings is 1. The molecule has 5 nitrogen and oxygen atoms in total. The SMILES string of the molecule is Cc1ccccc1OCC(=O)NCCCNc1ccc(C(F)(F)F)cn1. The van der Waals surface area contributed by atoms with Crippen LogP contribution in [0.5, 0.6) is 5.75 Å². The van der Waals surface area contributed by atoms with Crippen molar-refractivity contribution in [3.05, 3.63) is 53.7 Å². The Morgan fingerprint density at radius 2 is 1.92 bits per heavy atom. The van der Waals surface area contributed by atoms with E-state index in [0.717, 1.165) is 17.8 Å². The van der Waals surface area contributed by atoms with E-state index in [1.165, 1.54) is 6.07 Å². The number of nitrogens with zero attached hydrogens (tertiary/aromatic N) is 1. The number of ether oxygens (including phenoxy) is 1. The Kier molecular flexibility index (Phi) is 6.82. The summed E-state index contributed by atoms with van der Waals surface area (Å²) in [6.45, 7) is 2.72. The molecule has 0 atom stereocenters. The minimum atomic E-state index is -4.39. The minimum absolute atomic E-state index is 0.0707. The van der Waals surface area contributed by atoms with Crippen LogP contribution in [0.15, 0.2) is 42.6 Å². The van der Waals surface area contributed by atoms with Crippen molar-refractivity contribution < 1.29 is 22.7 Å². The second kappa shape index (κ2) is 9.07. The molecule has 2 N–H and O–H groups in total. The van der Waals surface area contributed by atoms with Crippen LogP contribution in [-0.4, -0.2) is 30.6 Å². The third-order valence-electron chi connectivity index (χ3n) is 3.53. The smallest absolute Gasteiger partial charge is 0.417 e. The van der Waals surface area contributed by atoms with Crippen molar-refractivity contribution in [3.8, 4) is 5.75 Å². The van der Waals surface area contributed by atoms with Crippen LogP contribution in [0.4, 0.5) is 19.0 Å². The highest BCUT2D eigenvalue weighted by Crippen LogP contribution is 2.28. The number of rotatable bonds is 8. The molecule has 1 aromatic carbocycles. The fraction of sp³-hybridized carbons (Fsp3) is 0.333. The van der Waals surface area contributed by atoms with E-state index in [-0.39, 0.29) is 12.5 Å². The van der Waals surface area contributed by atoms with E-state index in [2.05, 4.69) is 15.6 Å². The highest BCUT2D eigenvalue weighted by molar-refractivity contribution is 5.77. The lowest BCUT2D eigenvalue weighted by Gasteiger charge is -2.10. The predicted molar refractivity (Wildman–Crippen MR) is 92.0 cm³/mol. The van der Waals surface area contributed by atoms with Gasteiger partial charge in [0.15, 0.2) is 6.61 Å². The van der Waals surface area contributed by atoms with Crippen molar-refractivity contribution in [2.24, 2.45) is 0 Å². The Bertz CT molecular complexity index is 718. The van der Waals surface area contributed by atoms with Gasteiger partial charge in [0.05, 0.1) is 5.56 Å². The third kappa shape index (κ3) is 6.27. The van der Waals surface area contributed by atoms with E-state index in [9.17, 15) is 18.0 Å². The molecule has 0 saturated heterocycles. The highest BCUT2D eigenvalue weighted by Gasteiger charge is 2.30. The second-order valence-corrected chi connectivity index (χ2v) is 5.61. The van der Waals surface area contributed by atoms with Gasteiger partial charge in [-0.25, -0.2) is 4.98 Å². The fourth-order valence-electron chi connectivity index (χ4n) is 2.11. The zero-order valence-corrected chi connectivity index (χ0v) is 14.3. The number of halogens is 3. The monoisotopic (exact) mass is 367 g/mol. The lowest BCUT2D eigenvalue weighted by atomic mass is 10.2. The van der Waals surface area contributed by atoms with E-state index >= 15 is 0 Å². The van der Waals surface area contributed by atoms with Crippen LogP contribution in [0.3, 0.4) is 0 Å². The summed E-state index contributed by atoms with van der Waals surface area (Å²) < 4.78 is 42.7. The first-order valence-electron chi connectivity index (χ1n) is 8.08. The van der Waals surface area contributed by atoms with E-state index in [4.69, 9.17) is 4.74 Å². The van der Waals surface area contributed by atoms with Crippen molar-refractivity contribution in [1.29, 1.82) is 0 Å². The summed E-state index contributed by atoms with van der Waals surface area (Å²) in [6.07, 6.45) is -3.01. The number of nitrogens with one attached hydrogen (secondary N) is 2. The number of carbonyl (C=O) groups excluding carboxylic acids is 1. The average molecular weight is 367 g/mol. The standard InChI is InChI=1S/C18H20F3N3O2/c1-13-5-2-3-6-15(13)26-12-17(25)23-10-4-9-22-16-8-7-14(11-24-16)18(19,20)21/h2-3,5-8,11H,4,9-10,12H2,1H3,(H,22,24)(H,23,25). The third-order valence-corrected chi connectivity index (χ3v) is 3.53. The van der Waals surface area contributed by atoms with Crippen LogP contribution in [0, 0.1) is 6.92 Å². The van der Waals surface area contributed by atoms with Crippen LogP contribution in [0.2, 0.25) is 0 Å². The van der Waals surface area contributed by atoms with Gasteiger partial charge in [0.1, 0.15) is 11.6 Å². The van der Waals surface area contributed by atoms with Crippen molar-refractivity contribution >= 4 is 11.7 Å². The van der Waals surface area contributed by atoms with Gasteiger partial charge in [-0.2, -0.15) is 13.2 Å². The normalized spacial score (nSPS) is 11.1. The number of amides is 1. The Labute approximate surface area is 149 Å². The maximum Gasteiger partial charge on any atom is 0.417 e. The Balaban J connectivity index is 1.61. The fourth-order valence-corrected chi connectivity index (χ4v) is 2.11. The number of pyridine rings is 1. The summed E-state index contributed by atoms with van der Waals surface area (Å²) in [7, 11) is 0. The molecule has 0 radical (unpaired) electrons. The van der Waals surface area contributed by atoms with Gasteiger partial charge >= 0.3 is 6.18 Å². The number of aromatic nitrogens is 1. The topological polar surface area (TPSA) is 63.2 Å². The van der Waals surface area contributed by atoms with Gasteiger partial charge in [0, 0.05) is 19.3 Å². The molecule has 0 aliphatic heterocycles. The van der Waals surface area contributed by atoms with Gasteiger partial charge in [-0.05, 0) is 37.1 Å². The van der Waals surface area contributed by atoms with Crippen molar-refractivity contribution in [2.75, 3.05) is 25.0 Å². The number of alkyl halides is 3. The zero-order valence-electron chi connectivity index (χ0n) is 14.3. The number of para-hydroxylation sites is 1. The number of hydrogen-bond donors (Lipinski definition) is 2. The van der Waals surface area contributed by atoms with Crippen molar-refractivity contribution in [1.82, 2.24) is 10.3 Å². The molecule has 0 saturated carbocycles. The first kappa shape index (κ1) is 19.6. The first-order chi connectivity index (χ1) is 12.4. The maximum absolute atomic E-state index is 12.4. The Hall–Kier alpha value is -2.77. The van der Waals surface area contributed by atoms with Crippen molar-refractivity contribution in [2.45, 2.75) is 19.5 Å². The summed E-state index contributed by atoms with van der Waals surface area (Å²) in [5.41, 5.74) is 0.164. The molecule has 0 fully saturated rings. The number of hydrogen-bond acceptors (Lipinski definition) is 4. The van der Waals surface area contributed by atoms with E-state index in [0.29, 0.717) is 31.1 Å². The molecule has 1 heterocycles. The molecule has 2 aromatic rings. The summed E-state index contributed by atoms with van der Waals surface area (Å²) in [5.74, 6) is 0.783. The number of carbonyl (C=O) groups is 1. The van der Waals surface area contributed by atoms with Crippen LogP contribution in [0.1, 0.15) is 17.5 Å². The Morgan fingerprint density at radius 3 is 2.58 bits per heavy atom. The molecule has 1 aromatic heterocycles. The van der Waals surface area contributed by atoms with E-state index < -0.39 is 11.7 Å². The lowest BCUT2D eigenvalue weighted by molar-refractivity contribution is -0.137. The molecule has 0 aliphatic carbocycles. The summed E-state index contributed by atoms with van der Waals surface area (Å²) in [4.78, 5) is 15.4. The van der Waals surface area contributed by atoms with Crippen LogP contribution in [-0.2, 0) is 11.0 Å². The summed E-state index contributed by atoms with van der Waals surface area (Å²) in [6, 6.07) is 9.66. The van der Waals surface area contributed by atoms with Gasteiger partial charge in [-0.3, -0.25) is 4.79 Å². The average Bonchev–Trinajstić information content (AvgIpc) is 2.60. The quantitative estimate of drug-likeness (QED) is 0.702. The highest BCUT2D eigenvalue weighted by atomic mass is 19.4. The van der Waals surface area contributed by atoms with Crippen LogP contribution < -0.4 is 15.4 Å². The lowest BCUT2D eigenvalue weighted by Crippen LogP contribution is -2.30. The second-order valence-electron chi connectivity index (χ2n) is 5.61. The molecule has 0 spiro atoms. The number of anilines is 1. The van der Waals surface area contributed by atoms with E-state index in [1.807, 2.05) is 25.1 Å². The minimum Gasteiger partial charge on any atom is -0.484 e. The molecule has 1 amide bonds. The van der Waals surface area contributed by atoms with Crippen molar-refractivity contribution in [3.63, 3.8) is 0 Å². The van der Waals surface area contributed by atoms with Crippen LogP contribution >= 0.6 is 0 Å². The molecule has 0 bridgehead atoms. The van der Waals surface area contributed by atoms with Gasteiger partial charge in [0.2, 0.25) is 0 Å². The van der Waals surface area contributed by atoms with Crippen LogP contribution in [0.25, 0.3) is 0 Å². The zero-order chi connectivity index (χ0) is 19.0. The number of aryl methyl sites for hydroxylation is 1. The molecule has 8 heteroatoms. The predicted octanol–water partition coefficient (Wildman–Crippen LogP) is 3.41. The molecule has 26 heavy (non-hydrogen) atoms. The van der Waals surface area contributed by atoms with E-state index in [1.54, 1.807) is 6.07 Å². The molecular formula is C18H20F3N3O2. The molecular weight excluding hydrogens is 347 g/mol. The largest absolute Gasteiger partial charge is 0.484 e. The van der Waals surface area contributed by atoms with Gasteiger partial charge in [-0.1, -0.05) is 18.2 Å². The molecule has 0 aliphatic rings. The maximum atomic E-state index is 12.4. The summed E-state index contributed by atoms with van der Waals surface area (Å²) >= 11 is 0. The molecule has 140 valence electrons. The van der Waals surface area contributed by atoms with Gasteiger partial charge in [-0.15, -0.1) is 0 Å². The summed E-state index contributed by atoms with van der Waals surface area (Å²) in [5, 5.41) is 5.62. The Morgan fingerprint density at radius 1 is 1.15 bits per heavy atom. The van der Waals surface area contributed by atoms with Gasteiger partial charge < -0.3 is 15.4 Å². The molecule has 2 rings (SSSR count). The molecule has 0 unspecified atom stereocenters. The first-order valence-corrected chi connectivity index (χ1v) is 8.08.